The molecular weight excluding hydrogens is 242 g/mol. The highest BCUT2D eigenvalue weighted by Gasteiger charge is 2.29. The van der Waals surface area contributed by atoms with E-state index in [4.69, 9.17) is 4.74 Å². The second-order valence-electron chi connectivity index (χ2n) is 3.63. The summed E-state index contributed by atoms with van der Waals surface area (Å²) < 4.78 is 6.42. The van der Waals surface area contributed by atoms with E-state index in [1.54, 1.807) is 11.6 Å². The molecule has 1 aromatic rings. The molecule has 7 heteroatoms. The highest BCUT2D eigenvalue weighted by molar-refractivity contribution is 7.59. The quantitative estimate of drug-likeness (QED) is 0.782. The molecular formula is C10H15N3O3S. The number of carbonyl (C=O) groups excluding carboxylic acids is 2. The zero-order valence-corrected chi connectivity index (χ0v) is 10.7. The normalized spacial score (nSPS) is 17.8. The third kappa shape index (κ3) is 2.28. The zero-order valence-electron chi connectivity index (χ0n) is 9.69. The van der Waals surface area contributed by atoms with Crippen LogP contribution in [0.15, 0.2) is 6.20 Å². The summed E-state index contributed by atoms with van der Waals surface area (Å²) >= 11 is 0. The van der Waals surface area contributed by atoms with Crippen molar-refractivity contribution in [2.75, 3.05) is 13.2 Å². The molecule has 94 valence electrons. The summed E-state index contributed by atoms with van der Waals surface area (Å²) in [5, 5.41) is 6.75. The number of hydrogen-bond acceptors (Lipinski definition) is 4. The van der Waals surface area contributed by atoms with E-state index in [1.807, 2.05) is 6.92 Å². The first-order chi connectivity index (χ1) is 7.65. The molecule has 6 nitrogen and oxygen atoms in total. The van der Waals surface area contributed by atoms with Crippen LogP contribution < -0.4 is 5.32 Å². The predicted octanol–water partition coefficient (Wildman–Crippen LogP) is 0.477. The lowest BCUT2D eigenvalue weighted by molar-refractivity contribution is 0.0521. The highest BCUT2D eigenvalue weighted by Crippen LogP contribution is 2.18. The molecule has 0 radical (unpaired) electrons. The van der Waals surface area contributed by atoms with Crippen LogP contribution in [0.25, 0.3) is 0 Å². The predicted molar refractivity (Wildman–Crippen MR) is 65.6 cm³/mol. The van der Waals surface area contributed by atoms with Gasteiger partial charge in [-0.1, -0.05) is 0 Å². The molecule has 1 aromatic heterocycles. The zero-order chi connectivity index (χ0) is 11.7. The van der Waals surface area contributed by atoms with Crippen molar-refractivity contribution in [2.24, 2.45) is 0 Å². The molecule has 0 saturated carbocycles. The summed E-state index contributed by atoms with van der Waals surface area (Å²) in [5.41, 5.74) is 0.517. The van der Waals surface area contributed by atoms with Crippen molar-refractivity contribution in [3.8, 4) is 0 Å². The van der Waals surface area contributed by atoms with E-state index in [2.05, 4.69) is 10.4 Å². The van der Waals surface area contributed by atoms with Gasteiger partial charge in [0, 0.05) is 6.54 Å². The van der Waals surface area contributed by atoms with E-state index in [1.165, 1.54) is 6.20 Å². The van der Waals surface area contributed by atoms with Crippen LogP contribution >= 0.6 is 13.5 Å². The number of amides is 1. The number of rotatable bonds is 2. The van der Waals surface area contributed by atoms with E-state index >= 15 is 0 Å². The lowest BCUT2D eigenvalue weighted by atomic mass is 10.2. The molecule has 17 heavy (non-hydrogen) atoms. The Balaban J connectivity index is 0.00000144. The molecule has 0 aliphatic carbocycles. The van der Waals surface area contributed by atoms with Gasteiger partial charge in [0.2, 0.25) is 0 Å². The number of nitrogens with one attached hydrogen (secondary N) is 1. The molecule has 0 spiro atoms. The molecule has 0 fully saturated rings. The maximum Gasteiger partial charge on any atom is 0.342 e. The molecule has 2 rings (SSSR count). The third-order valence-electron chi connectivity index (χ3n) is 2.48. The first kappa shape index (κ1) is 13.6. The smallest absolute Gasteiger partial charge is 0.342 e. The summed E-state index contributed by atoms with van der Waals surface area (Å²) in [6.45, 7) is 4.44. The maximum atomic E-state index is 11.6. The molecule has 1 atom stereocenters. The second-order valence-corrected chi connectivity index (χ2v) is 3.63. The fraction of sp³-hybridized carbons (Fsp3) is 0.500. The van der Waals surface area contributed by atoms with Crippen LogP contribution in [0.3, 0.4) is 0 Å². The standard InChI is InChI=1S/C10H13N3O3.H2S/c1-3-16-10(15)7-5-12-13-6(2)4-11-9(14)8(7)13;/h5-6H,3-4H2,1-2H3,(H,11,14);1H2/t6-;/m0./s1. The average molecular weight is 257 g/mol. The molecule has 2 heterocycles. The first-order valence-electron chi connectivity index (χ1n) is 5.18. The number of carbonyl (C=O) groups is 2. The summed E-state index contributed by atoms with van der Waals surface area (Å²) in [5.74, 6) is -0.786. The van der Waals surface area contributed by atoms with Crippen LogP contribution in [-0.4, -0.2) is 34.8 Å². The van der Waals surface area contributed by atoms with E-state index in [0.29, 0.717) is 6.54 Å². The minimum Gasteiger partial charge on any atom is -0.462 e. The van der Waals surface area contributed by atoms with Crippen LogP contribution in [0.2, 0.25) is 0 Å². The van der Waals surface area contributed by atoms with Gasteiger partial charge in [0.25, 0.3) is 5.91 Å². The fourth-order valence-electron chi connectivity index (χ4n) is 1.69. The van der Waals surface area contributed by atoms with Crippen molar-refractivity contribution in [2.45, 2.75) is 19.9 Å². The van der Waals surface area contributed by atoms with Crippen LogP contribution in [0.5, 0.6) is 0 Å². The van der Waals surface area contributed by atoms with Gasteiger partial charge in [-0.2, -0.15) is 18.6 Å². The van der Waals surface area contributed by atoms with E-state index in [9.17, 15) is 9.59 Å². The van der Waals surface area contributed by atoms with Crippen molar-refractivity contribution in [1.82, 2.24) is 15.1 Å². The Morgan fingerprint density at radius 1 is 1.71 bits per heavy atom. The highest BCUT2D eigenvalue weighted by atomic mass is 32.1. The number of esters is 1. The number of hydrogen-bond donors (Lipinski definition) is 1. The van der Waals surface area contributed by atoms with Crippen LogP contribution in [0, 0.1) is 0 Å². The van der Waals surface area contributed by atoms with Gasteiger partial charge in [-0.05, 0) is 13.8 Å². The van der Waals surface area contributed by atoms with E-state index in [-0.39, 0.29) is 43.3 Å². The van der Waals surface area contributed by atoms with Crippen molar-refractivity contribution in [3.63, 3.8) is 0 Å². The summed E-state index contributed by atoms with van der Waals surface area (Å²) in [6.07, 6.45) is 1.38. The lowest BCUT2D eigenvalue weighted by Gasteiger charge is -2.21. The number of nitrogens with zero attached hydrogens (tertiary/aromatic N) is 2. The molecule has 0 aromatic carbocycles. The SMILES string of the molecule is CCOC(=O)c1cnn2c1C(=O)NC[C@@H]2C.S. The summed E-state index contributed by atoms with van der Waals surface area (Å²) in [4.78, 5) is 23.2. The molecule has 1 aliphatic heterocycles. The number of fused-ring (bicyclic) bond motifs is 1. The Morgan fingerprint density at radius 3 is 3.06 bits per heavy atom. The van der Waals surface area contributed by atoms with Gasteiger partial charge in [0.1, 0.15) is 11.3 Å². The Hall–Kier alpha value is -1.50. The number of aromatic nitrogens is 2. The molecule has 0 saturated heterocycles. The van der Waals surface area contributed by atoms with Crippen LogP contribution in [-0.2, 0) is 4.74 Å². The van der Waals surface area contributed by atoms with Crippen LogP contribution in [0.4, 0.5) is 0 Å². The van der Waals surface area contributed by atoms with Crippen molar-refractivity contribution < 1.29 is 14.3 Å². The van der Waals surface area contributed by atoms with Crippen molar-refractivity contribution in [3.05, 3.63) is 17.5 Å². The lowest BCUT2D eigenvalue weighted by Crippen LogP contribution is -2.39. The summed E-state index contributed by atoms with van der Waals surface area (Å²) in [7, 11) is 0. The van der Waals surface area contributed by atoms with Gasteiger partial charge in [0.15, 0.2) is 0 Å². The Kier molecular flexibility index (Phi) is 4.17. The monoisotopic (exact) mass is 257 g/mol. The van der Waals surface area contributed by atoms with Crippen molar-refractivity contribution >= 4 is 25.4 Å². The average Bonchev–Trinajstić information content (AvgIpc) is 2.69. The molecule has 0 unspecified atom stereocenters. The van der Waals surface area contributed by atoms with Crippen LogP contribution in [0.1, 0.15) is 40.7 Å². The maximum absolute atomic E-state index is 11.6. The van der Waals surface area contributed by atoms with Crippen molar-refractivity contribution in [1.29, 1.82) is 0 Å². The van der Waals surface area contributed by atoms with E-state index in [0.717, 1.165) is 0 Å². The molecule has 1 amide bonds. The van der Waals surface area contributed by atoms with Gasteiger partial charge in [-0.15, -0.1) is 0 Å². The first-order valence-corrected chi connectivity index (χ1v) is 5.18. The van der Waals surface area contributed by atoms with Gasteiger partial charge in [-0.3, -0.25) is 9.48 Å². The summed E-state index contributed by atoms with van der Waals surface area (Å²) in [6, 6.07) is 0.0517. The Bertz CT molecular complexity index is 444. The van der Waals surface area contributed by atoms with Gasteiger partial charge < -0.3 is 10.1 Å². The number of ether oxygens (including phenoxy) is 1. The minimum absolute atomic E-state index is 0. The Labute approximate surface area is 106 Å². The topological polar surface area (TPSA) is 73.2 Å². The largest absolute Gasteiger partial charge is 0.462 e. The second kappa shape index (κ2) is 5.22. The Morgan fingerprint density at radius 2 is 2.41 bits per heavy atom. The molecule has 1 aliphatic rings. The molecule has 0 bridgehead atoms. The van der Waals surface area contributed by atoms with Gasteiger partial charge >= 0.3 is 5.97 Å². The third-order valence-corrected chi connectivity index (χ3v) is 2.48. The van der Waals surface area contributed by atoms with Gasteiger partial charge in [0.05, 0.1) is 18.8 Å². The molecule has 1 N–H and O–H groups in total. The van der Waals surface area contributed by atoms with Gasteiger partial charge in [-0.25, -0.2) is 4.79 Å². The fourth-order valence-corrected chi connectivity index (χ4v) is 1.69. The minimum atomic E-state index is -0.506. The van der Waals surface area contributed by atoms with E-state index < -0.39 is 5.97 Å².